The van der Waals surface area contributed by atoms with E-state index in [0.717, 1.165) is 22.6 Å². The maximum absolute atomic E-state index is 12.5. The molecule has 4 N–H and O–H groups in total. The van der Waals surface area contributed by atoms with Crippen LogP contribution in [0.3, 0.4) is 0 Å². The minimum Gasteiger partial charge on any atom is -0.351 e. The van der Waals surface area contributed by atoms with Crippen LogP contribution in [0.15, 0.2) is 54.6 Å². The van der Waals surface area contributed by atoms with Crippen LogP contribution in [0.5, 0.6) is 0 Å². The number of primary amides is 1. The van der Waals surface area contributed by atoms with Crippen molar-refractivity contribution in [3.05, 3.63) is 77.1 Å². The second-order valence-corrected chi connectivity index (χ2v) is 6.15. The first-order valence-electron chi connectivity index (χ1n) is 8.51. The number of aromatic nitrogens is 2. The van der Waals surface area contributed by atoms with Gasteiger partial charge in [0.2, 0.25) is 0 Å². The fourth-order valence-corrected chi connectivity index (χ4v) is 2.90. The third-order valence-electron chi connectivity index (χ3n) is 4.26. The molecule has 27 heavy (non-hydrogen) atoms. The summed E-state index contributed by atoms with van der Waals surface area (Å²) in [5, 5.41) is 9.95. The topological polar surface area (TPSA) is 102 Å². The van der Waals surface area contributed by atoms with E-state index in [2.05, 4.69) is 15.7 Å². The van der Waals surface area contributed by atoms with Gasteiger partial charge in [-0.15, -0.1) is 0 Å². The summed E-state index contributed by atoms with van der Waals surface area (Å²) in [5.41, 5.74) is 9.80. The highest BCUT2D eigenvalue weighted by Crippen LogP contribution is 2.18. The highest BCUT2D eigenvalue weighted by molar-refractivity contribution is 5.96. The Kier molecular flexibility index (Phi) is 5.21. The number of benzene rings is 2. The van der Waals surface area contributed by atoms with Crippen LogP contribution in [0.25, 0.3) is 5.69 Å². The van der Waals surface area contributed by atoms with Crippen LogP contribution in [0, 0.1) is 13.8 Å². The van der Waals surface area contributed by atoms with E-state index in [0.29, 0.717) is 17.8 Å². The number of carbonyl (C=O) groups is 2. The maximum Gasteiger partial charge on any atom is 0.316 e. The van der Waals surface area contributed by atoms with Gasteiger partial charge in [-0.3, -0.25) is 4.79 Å². The van der Waals surface area contributed by atoms with Gasteiger partial charge in [0.05, 0.1) is 11.4 Å². The molecule has 0 saturated carbocycles. The predicted octanol–water partition coefficient (Wildman–Crippen LogP) is 2.91. The van der Waals surface area contributed by atoms with Crippen molar-refractivity contribution in [1.29, 1.82) is 0 Å². The van der Waals surface area contributed by atoms with Gasteiger partial charge in [0, 0.05) is 29.1 Å². The van der Waals surface area contributed by atoms with Crippen LogP contribution in [-0.2, 0) is 6.54 Å². The fourth-order valence-electron chi connectivity index (χ4n) is 2.90. The van der Waals surface area contributed by atoms with Gasteiger partial charge >= 0.3 is 6.03 Å². The third-order valence-corrected chi connectivity index (χ3v) is 4.26. The van der Waals surface area contributed by atoms with Crippen molar-refractivity contribution in [2.75, 3.05) is 5.32 Å². The number of nitrogens with two attached hydrogens (primary N) is 1. The van der Waals surface area contributed by atoms with Crippen molar-refractivity contribution in [3.8, 4) is 5.69 Å². The highest BCUT2D eigenvalue weighted by Gasteiger charge is 2.14. The summed E-state index contributed by atoms with van der Waals surface area (Å²) in [6.45, 7) is 4.26. The molecule has 1 heterocycles. The number of urea groups is 1. The monoisotopic (exact) mass is 363 g/mol. The lowest BCUT2D eigenvalue weighted by molar-refractivity contribution is 0.0951. The van der Waals surface area contributed by atoms with E-state index in [1.165, 1.54) is 0 Å². The molecule has 0 aliphatic rings. The van der Waals surface area contributed by atoms with Gasteiger partial charge in [-0.25, -0.2) is 9.48 Å². The van der Waals surface area contributed by atoms with E-state index < -0.39 is 6.03 Å². The molecule has 2 aromatic carbocycles. The molecular weight excluding hydrogens is 342 g/mol. The minimum absolute atomic E-state index is 0.241. The molecule has 0 saturated heterocycles. The number of hydrogen-bond donors (Lipinski definition) is 3. The molecule has 7 nitrogen and oxygen atoms in total. The molecular formula is C20H21N5O2. The first-order chi connectivity index (χ1) is 13.0. The van der Waals surface area contributed by atoms with E-state index in [1.807, 2.05) is 48.9 Å². The lowest BCUT2D eigenvalue weighted by Crippen LogP contribution is -2.24. The molecule has 3 rings (SSSR count). The maximum atomic E-state index is 12.5. The quantitative estimate of drug-likeness (QED) is 0.649. The number of rotatable bonds is 5. The number of nitrogens with zero attached hydrogens (tertiary/aromatic N) is 2. The first-order valence-corrected chi connectivity index (χ1v) is 8.51. The molecule has 3 amide bonds. The zero-order chi connectivity index (χ0) is 19.4. The number of para-hydroxylation sites is 1. The SMILES string of the molecule is Cc1nn(-c2ccccc2)c(C)c1CNC(=O)c1cccc(NC(N)=O)c1. The summed E-state index contributed by atoms with van der Waals surface area (Å²) < 4.78 is 1.87. The Morgan fingerprint density at radius 1 is 1.07 bits per heavy atom. The summed E-state index contributed by atoms with van der Waals surface area (Å²) in [5.74, 6) is -0.241. The third kappa shape index (κ3) is 4.14. The largest absolute Gasteiger partial charge is 0.351 e. The van der Waals surface area contributed by atoms with Crippen molar-refractivity contribution in [2.45, 2.75) is 20.4 Å². The number of carbonyl (C=O) groups excluding carboxylic acids is 2. The average Bonchev–Trinajstić information content (AvgIpc) is 2.94. The Morgan fingerprint density at radius 2 is 1.81 bits per heavy atom. The normalized spacial score (nSPS) is 10.4. The molecule has 0 fully saturated rings. The van der Waals surface area contributed by atoms with Crippen LogP contribution >= 0.6 is 0 Å². The van der Waals surface area contributed by atoms with E-state index in [1.54, 1.807) is 24.3 Å². The lowest BCUT2D eigenvalue weighted by atomic mass is 10.1. The molecule has 0 atom stereocenters. The average molecular weight is 363 g/mol. The standard InChI is InChI=1S/C20H21N5O2/c1-13-18(14(2)25(24-13)17-9-4-3-5-10-17)12-22-19(26)15-7-6-8-16(11-15)23-20(21)27/h3-11H,12H2,1-2H3,(H,22,26)(H3,21,23,27). The van der Waals surface area contributed by atoms with Crippen molar-refractivity contribution >= 4 is 17.6 Å². The summed E-state index contributed by atoms with van der Waals surface area (Å²) in [7, 11) is 0. The molecule has 3 aromatic rings. The number of amides is 3. The van der Waals surface area contributed by atoms with Gasteiger partial charge in [0.25, 0.3) is 5.91 Å². The van der Waals surface area contributed by atoms with Crippen molar-refractivity contribution in [3.63, 3.8) is 0 Å². The summed E-state index contributed by atoms with van der Waals surface area (Å²) >= 11 is 0. The van der Waals surface area contributed by atoms with Crippen LogP contribution < -0.4 is 16.4 Å². The number of anilines is 1. The molecule has 138 valence electrons. The molecule has 7 heteroatoms. The Morgan fingerprint density at radius 3 is 2.52 bits per heavy atom. The van der Waals surface area contributed by atoms with Crippen molar-refractivity contribution in [1.82, 2.24) is 15.1 Å². The molecule has 0 aliphatic heterocycles. The van der Waals surface area contributed by atoms with Crippen molar-refractivity contribution < 1.29 is 9.59 Å². The number of hydrogen-bond acceptors (Lipinski definition) is 3. The van der Waals surface area contributed by atoms with Gasteiger partial charge < -0.3 is 16.4 Å². The van der Waals surface area contributed by atoms with Gasteiger partial charge in [0.15, 0.2) is 0 Å². The Labute approximate surface area is 157 Å². The summed E-state index contributed by atoms with van der Waals surface area (Å²) in [4.78, 5) is 23.4. The van der Waals surface area contributed by atoms with E-state index >= 15 is 0 Å². The smallest absolute Gasteiger partial charge is 0.316 e. The van der Waals surface area contributed by atoms with Crippen molar-refractivity contribution in [2.24, 2.45) is 5.73 Å². The molecule has 0 unspecified atom stereocenters. The van der Waals surface area contributed by atoms with E-state index in [9.17, 15) is 9.59 Å². The summed E-state index contributed by atoms with van der Waals surface area (Å²) in [6, 6.07) is 15.8. The zero-order valence-electron chi connectivity index (χ0n) is 15.2. The Bertz CT molecular complexity index is 979. The first kappa shape index (κ1) is 18.2. The molecule has 1 aromatic heterocycles. The van der Waals surface area contributed by atoms with Gasteiger partial charge in [-0.05, 0) is 44.2 Å². The highest BCUT2D eigenvalue weighted by atomic mass is 16.2. The molecule has 0 bridgehead atoms. The zero-order valence-corrected chi connectivity index (χ0v) is 15.2. The van der Waals surface area contributed by atoms with Crippen LogP contribution in [0.4, 0.5) is 10.5 Å². The van der Waals surface area contributed by atoms with Crippen LogP contribution in [-0.4, -0.2) is 21.7 Å². The van der Waals surface area contributed by atoms with E-state index in [4.69, 9.17) is 5.73 Å². The van der Waals surface area contributed by atoms with Gasteiger partial charge in [0.1, 0.15) is 0 Å². The van der Waals surface area contributed by atoms with Crippen LogP contribution in [0.2, 0.25) is 0 Å². The van der Waals surface area contributed by atoms with Gasteiger partial charge in [-0.1, -0.05) is 24.3 Å². The Balaban J connectivity index is 1.75. The molecule has 0 radical (unpaired) electrons. The number of nitrogens with one attached hydrogen (secondary N) is 2. The number of aryl methyl sites for hydroxylation is 1. The fraction of sp³-hybridized carbons (Fsp3) is 0.150. The second kappa shape index (κ2) is 7.74. The second-order valence-electron chi connectivity index (χ2n) is 6.15. The van der Waals surface area contributed by atoms with Crippen LogP contribution in [0.1, 0.15) is 27.3 Å². The lowest BCUT2D eigenvalue weighted by Gasteiger charge is -2.08. The predicted molar refractivity (Wildman–Crippen MR) is 104 cm³/mol. The minimum atomic E-state index is -0.674. The van der Waals surface area contributed by atoms with Gasteiger partial charge in [-0.2, -0.15) is 5.10 Å². The molecule has 0 spiro atoms. The Hall–Kier alpha value is -3.61. The summed E-state index contributed by atoms with van der Waals surface area (Å²) in [6.07, 6.45) is 0. The van der Waals surface area contributed by atoms with E-state index in [-0.39, 0.29) is 5.91 Å². The molecule has 0 aliphatic carbocycles.